The second-order valence-electron chi connectivity index (χ2n) is 6.76. The zero-order valence-electron chi connectivity index (χ0n) is 17.2. The Morgan fingerprint density at radius 1 is 1.03 bits per heavy atom. The molecule has 2 rings (SSSR count). The van der Waals surface area contributed by atoms with Crippen LogP contribution in [-0.4, -0.2) is 81.1 Å². The monoisotopic (exact) mass is 440 g/mol. The summed E-state index contributed by atoms with van der Waals surface area (Å²) in [7, 11) is 3.89. The molecule has 164 valence electrons. The molecule has 0 spiro atoms. The number of hydrogen-bond acceptors (Lipinski definition) is 7. The number of benzene rings is 1. The number of amides is 2. The van der Waals surface area contributed by atoms with Crippen molar-refractivity contribution in [3.05, 3.63) is 28.8 Å². The minimum Gasteiger partial charge on any atom is -0.496 e. The summed E-state index contributed by atoms with van der Waals surface area (Å²) in [6, 6.07) is 4.82. The third kappa shape index (κ3) is 5.85. The predicted octanol–water partition coefficient (Wildman–Crippen LogP) is 1.38. The number of ether oxygens (including phenoxy) is 3. The van der Waals surface area contributed by atoms with Crippen LogP contribution in [0, 0.1) is 5.92 Å². The summed E-state index contributed by atoms with van der Waals surface area (Å²) < 4.78 is 14.4. The van der Waals surface area contributed by atoms with Crippen LogP contribution < -0.4 is 4.74 Å². The highest BCUT2D eigenvalue weighted by atomic mass is 35.5. The molecule has 1 saturated heterocycles. The van der Waals surface area contributed by atoms with E-state index in [1.807, 2.05) is 0 Å². The van der Waals surface area contributed by atoms with Crippen molar-refractivity contribution in [2.75, 3.05) is 47.5 Å². The third-order valence-electron chi connectivity index (χ3n) is 4.93. The van der Waals surface area contributed by atoms with Gasteiger partial charge in [-0.05, 0) is 31.0 Å². The first-order chi connectivity index (χ1) is 14.3. The van der Waals surface area contributed by atoms with E-state index in [2.05, 4.69) is 9.47 Å². The highest BCUT2D eigenvalue weighted by Crippen LogP contribution is 2.27. The van der Waals surface area contributed by atoms with Crippen molar-refractivity contribution in [1.29, 1.82) is 0 Å². The molecule has 9 nitrogen and oxygen atoms in total. The molecule has 10 heteroatoms. The Balaban J connectivity index is 2.04. The van der Waals surface area contributed by atoms with Crippen molar-refractivity contribution in [2.45, 2.75) is 12.8 Å². The van der Waals surface area contributed by atoms with E-state index < -0.39 is 17.9 Å². The minimum absolute atomic E-state index is 0.235. The molecule has 0 aliphatic carbocycles. The smallest absolute Gasteiger partial charge is 0.325 e. The Kier molecular flexibility index (Phi) is 8.46. The van der Waals surface area contributed by atoms with Gasteiger partial charge in [-0.15, -0.1) is 0 Å². The van der Waals surface area contributed by atoms with Gasteiger partial charge >= 0.3 is 11.9 Å². The van der Waals surface area contributed by atoms with Crippen LogP contribution in [0.1, 0.15) is 23.2 Å². The fourth-order valence-electron chi connectivity index (χ4n) is 3.26. The van der Waals surface area contributed by atoms with Crippen LogP contribution in [0.3, 0.4) is 0 Å². The van der Waals surface area contributed by atoms with Crippen LogP contribution in [0.4, 0.5) is 0 Å². The van der Waals surface area contributed by atoms with Gasteiger partial charge in [0.1, 0.15) is 18.8 Å². The summed E-state index contributed by atoms with van der Waals surface area (Å²) >= 11 is 6.01. The molecule has 1 aliphatic rings. The molecule has 0 aromatic heterocycles. The number of piperidine rings is 1. The predicted molar refractivity (Wildman–Crippen MR) is 107 cm³/mol. The highest BCUT2D eigenvalue weighted by molar-refractivity contribution is 6.31. The van der Waals surface area contributed by atoms with Crippen molar-refractivity contribution in [1.82, 2.24) is 9.80 Å². The number of esters is 2. The number of carbonyl (C=O) groups is 4. The van der Waals surface area contributed by atoms with Gasteiger partial charge in [0.25, 0.3) is 5.91 Å². The van der Waals surface area contributed by atoms with Crippen molar-refractivity contribution in [3.8, 4) is 5.75 Å². The van der Waals surface area contributed by atoms with Crippen LogP contribution in [0.25, 0.3) is 0 Å². The van der Waals surface area contributed by atoms with E-state index in [0.717, 1.165) is 4.90 Å². The molecular formula is C20H25ClN2O7. The van der Waals surface area contributed by atoms with Gasteiger partial charge in [0.05, 0.1) is 26.9 Å². The van der Waals surface area contributed by atoms with E-state index in [1.54, 1.807) is 23.1 Å². The summed E-state index contributed by atoms with van der Waals surface area (Å²) in [6.07, 6.45) is 0.790. The normalized spacial score (nSPS) is 14.1. The lowest BCUT2D eigenvalue weighted by Crippen LogP contribution is -2.47. The van der Waals surface area contributed by atoms with E-state index in [1.165, 1.54) is 21.3 Å². The van der Waals surface area contributed by atoms with Gasteiger partial charge in [0.2, 0.25) is 5.91 Å². The number of nitrogens with zero attached hydrogens (tertiary/aromatic N) is 2. The number of methoxy groups -OCH3 is 3. The fraction of sp³-hybridized carbons (Fsp3) is 0.500. The van der Waals surface area contributed by atoms with Crippen LogP contribution in [0.2, 0.25) is 5.02 Å². The topological polar surface area (TPSA) is 102 Å². The fourth-order valence-corrected chi connectivity index (χ4v) is 3.43. The first-order valence-electron chi connectivity index (χ1n) is 9.36. The molecule has 0 atom stereocenters. The maximum Gasteiger partial charge on any atom is 0.325 e. The zero-order chi connectivity index (χ0) is 22.3. The van der Waals surface area contributed by atoms with Crippen molar-refractivity contribution in [2.24, 2.45) is 5.92 Å². The van der Waals surface area contributed by atoms with Crippen molar-refractivity contribution in [3.63, 3.8) is 0 Å². The average molecular weight is 441 g/mol. The maximum absolute atomic E-state index is 12.9. The van der Waals surface area contributed by atoms with Crippen LogP contribution >= 0.6 is 11.6 Å². The van der Waals surface area contributed by atoms with Gasteiger partial charge in [-0.2, -0.15) is 0 Å². The van der Waals surface area contributed by atoms with Gasteiger partial charge in [-0.25, -0.2) is 0 Å². The van der Waals surface area contributed by atoms with Crippen molar-refractivity contribution < 1.29 is 33.4 Å². The summed E-state index contributed by atoms with van der Waals surface area (Å²) in [5, 5.41) is 0.422. The number of rotatable bonds is 7. The number of carbonyl (C=O) groups excluding carboxylic acids is 4. The van der Waals surface area contributed by atoms with Crippen LogP contribution in [-0.2, 0) is 23.9 Å². The van der Waals surface area contributed by atoms with E-state index in [-0.39, 0.29) is 24.9 Å². The minimum atomic E-state index is -0.632. The quantitative estimate of drug-likeness (QED) is 0.590. The molecule has 1 heterocycles. The first-order valence-corrected chi connectivity index (χ1v) is 9.73. The van der Waals surface area contributed by atoms with Crippen LogP contribution in [0.15, 0.2) is 18.2 Å². The molecule has 1 aliphatic heterocycles. The SMILES string of the molecule is COC(=O)CN(CC(=O)OC)C(=O)C1CCN(C(=O)c2cc(Cl)ccc2OC)CC1. The highest BCUT2D eigenvalue weighted by Gasteiger charge is 2.33. The first kappa shape index (κ1) is 23.5. The molecule has 1 fully saturated rings. The Labute approximate surface area is 179 Å². The van der Waals surface area contributed by atoms with Gasteiger partial charge in [0, 0.05) is 24.0 Å². The number of hydrogen-bond donors (Lipinski definition) is 0. The number of halogens is 1. The lowest BCUT2D eigenvalue weighted by Gasteiger charge is -2.34. The molecule has 1 aromatic carbocycles. The van der Waals surface area contributed by atoms with Gasteiger partial charge in [-0.1, -0.05) is 11.6 Å². The molecular weight excluding hydrogens is 416 g/mol. The van der Waals surface area contributed by atoms with E-state index in [9.17, 15) is 19.2 Å². The lowest BCUT2D eigenvalue weighted by molar-refractivity contribution is -0.154. The largest absolute Gasteiger partial charge is 0.496 e. The Morgan fingerprint density at radius 2 is 1.60 bits per heavy atom. The average Bonchev–Trinajstić information content (AvgIpc) is 2.77. The van der Waals surface area contributed by atoms with Gasteiger partial charge in [-0.3, -0.25) is 19.2 Å². The Morgan fingerprint density at radius 3 is 2.10 bits per heavy atom. The number of likely N-dealkylation sites (tertiary alicyclic amines) is 1. The lowest BCUT2D eigenvalue weighted by atomic mass is 9.94. The molecule has 1 aromatic rings. The summed E-state index contributed by atoms with van der Waals surface area (Å²) in [4.78, 5) is 51.7. The molecule has 30 heavy (non-hydrogen) atoms. The molecule has 0 bridgehead atoms. The maximum atomic E-state index is 12.9. The second kappa shape index (κ2) is 10.8. The van der Waals surface area contributed by atoms with E-state index in [0.29, 0.717) is 42.3 Å². The molecule has 0 saturated carbocycles. The van der Waals surface area contributed by atoms with Crippen LogP contribution in [0.5, 0.6) is 5.75 Å². The summed E-state index contributed by atoms with van der Waals surface area (Å²) in [5.74, 6) is -1.85. The van der Waals surface area contributed by atoms with Crippen molar-refractivity contribution >= 4 is 35.4 Å². The molecule has 0 unspecified atom stereocenters. The van der Waals surface area contributed by atoms with Gasteiger partial charge in [0.15, 0.2) is 0 Å². The summed E-state index contributed by atoms with van der Waals surface area (Å²) in [6.45, 7) is -0.00300. The standard InChI is InChI=1S/C20H25ClN2O7/c1-28-16-5-4-14(21)10-15(16)20(27)22-8-6-13(7-9-22)19(26)23(11-17(24)29-2)12-18(25)30-3/h4-5,10,13H,6-9,11-12H2,1-3H3. The molecule has 0 radical (unpaired) electrons. The van der Waals surface area contributed by atoms with E-state index >= 15 is 0 Å². The Bertz CT molecular complexity index is 788. The molecule has 2 amide bonds. The summed E-state index contributed by atoms with van der Waals surface area (Å²) in [5.41, 5.74) is 0.354. The molecule has 0 N–H and O–H groups in total. The van der Waals surface area contributed by atoms with E-state index in [4.69, 9.17) is 16.3 Å². The zero-order valence-corrected chi connectivity index (χ0v) is 17.9. The van der Waals surface area contributed by atoms with Gasteiger partial charge < -0.3 is 24.0 Å². The Hall–Kier alpha value is -2.81. The second-order valence-corrected chi connectivity index (χ2v) is 7.19. The third-order valence-corrected chi connectivity index (χ3v) is 5.17.